The summed E-state index contributed by atoms with van der Waals surface area (Å²) in [5, 5.41) is 2.49. The zero-order valence-corrected chi connectivity index (χ0v) is 11.7. The Hall–Kier alpha value is -1.63. The minimum Gasteiger partial charge on any atom is -0.469 e. The Morgan fingerprint density at radius 1 is 1.16 bits per heavy atom. The largest absolute Gasteiger partial charge is 0.469 e. The molecule has 0 saturated heterocycles. The highest BCUT2D eigenvalue weighted by Crippen LogP contribution is 2.11. The smallest absolute Gasteiger partial charge is 0.328 e. The Labute approximate surface area is 112 Å². The van der Waals surface area contributed by atoms with Crippen LogP contribution in [-0.4, -0.2) is 51.3 Å². The molecular weight excluding hydrogens is 254 g/mol. The van der Waals surface area contributed by atoms with Gasteiger partial charge in [-0.05, 0) is 12.8 Å². The van der Waals surface area contributed by atoms with E-state index in [1.54, 1.807) is 13.8 Å². The molecule has 0 aromatic rings. The molecule has 0 aromatic heterocycles. The minimum atomic E-state index is -0.906. The second kappa shape index (κ2) is 9.32. The van der Waals surface area contributed by atoms with Gasteiger partial charge in [-0.1, -0.05) is 6.92 Å². The number of carbonyl (C=O) groups is 3. The normalized spacial score (nSPS) is 13.3. The van der Waals surface area contributed by atoms with Gasteiger partial charge in [-0.15, -0.1) is 0 Å². The highest BCUT2D eigenvalue weighted by atomic mass is 16.5. The Bertz CT molecular complexity index is 317. The third-order valence-corrected chi connectivity index (χ3v) is 2.49. The fraction of sp³-hybridized carbons (Fsp3) is 0.750. The quantitative estimate of drug-likeness (QED) is 0.621. The highest BCUT2D eigenvalue weighted by Gasteiger charge is 2.29. The average molecular weight is 275 g/mol. The zero-order chi connectivity index (χ0) is 14.8. The standard InChI is InChI=1S/C12H21NO6/c1-5-19-7-9(14)13-11(12(16)18-4)8(2)6-10(15)17-3/h8,11H,5-7H2,1-4H3,(H,13,14)/t8-,11-/m0/s1. The van der Waals surface area contributed by atoms with Gasteiger partial charge in [0.2, 0.25) is 5.91 Å². The van der Waals surface area contributed by atoms with Crippen LogP contribution < -0.4 is 5.32 Å². The number of nitrogens with one attached hydrogen (secondary N) is 1. The molecule has 19 heavy (non-hydrogen) atoms. The van der Waals surface area contributed by atoms with E-state index in [1.165, 1.54) is 14.2 Å². The molecule has 1 amide bonds. The number of esters is 2. The molecule has 0 bridgehead atoms. The van der Waals surface area contributed by atoms with E-state index in [0.29, 0.717) is 6.61 Å². The van der Waals surface area contributed by atoms with Crippen molar-refractivity contribution in [1.82, 2.24) is 5.32 Å². The van der Waals surface area contributed by atoms with Crippen molar-refractivity contribution in [1.29, 1.82) is 0 Å². The van der Waals surface area contributed by atoms with E-state index in [4.69, 9.17) is 4.74 Å². The lowest BCUT2D eigenvalue weighted by molar-refractivity contribution is -0.149. The molecule has 0 aromatic carbocycles. The second-order valence-corrected chi connectivity index (χ2v) is 3.96. The number of carbonyl (C=O) groups excluding carboxylic acids is 3. The fourth-order valence-electron chi connectivity index (χ4n) is 1.43. The van der Waals surface area contributed by atoms with Crippen LogP contribution in [0.2, 0.25) is 0 Å². The lowest BCUT2D eigenvalue weighted by atomic mass is 9.98. The first-order chi connectivity index (χ1) is 8.96. The monoisotopic (exact) mass is 275 g/mol. The van der Waals surface area contributed by atoms with Crippen LogP contribution in [0.3, 0.4) is 0 Å². The van der Waals surface area contributed by atoms with Crippen LogP contribution in [0.4, 0.5) is 0 Å². The van der Waals surface area contributed by atoms with E-state index in [9.17, 15) is 14.4 Å². The topological polar surface area (TPSA) is 90.9 Å². The maximum atomic E-state index is 11.6. The summed E-state index contributed by atoms with van der Waals surface area (Å²) in [5.74, 6) is -1.94. The molecule has 0 aliphatic carbocycles. The SMILES string of the molecule is CCOCC(=O)N[C@H](C(=O)OC)[C@@H](C)CC(=O)OC. The molecular formula is C12H21NO6. The lowest BCUT2D eigenvalue weighted by Gasteiger charge is -2.22. The van der Waals surface area contributed by atoms with E-state index in [2.05, 4.69) is 14.8 Å². The maximum Gasteiger partial charge on any atom is 0.328 e. The van der Waals surface area contributed by atoms with E-state index in [1.807, 2.05) is 0 Å². The van der Waals surface area contributed by atoms with Crippen molar-refractivity contribution in [2.45, 2.75) is 26.3 Å². The van der Waals surface area contributed by atoms with Crippen molar-refractivity contribution in [3.05, 3.63) is 0 Å². The molecule has 0 aliphatic heterocycles. The maximum absolute atomic E-state index is 11.6. The molecule has 2 atom stereocenters. The first-order valence-electron chi connectivity index (χ1n) is 5.97. The van der Waals surface area contributed by atoms with E-state index < -0.39 is 29.8 Å². The Morgan fingerprint density at radius 3 is 2.26 bits per heavy atom. The number of rotatable bonds is 8. The molecule has 0 radical (unpaired) electrons. The van der Waals surface area contributed by atoms with Crippen LogP contribution in [0, 0.1) is 5.92 Å². The van der Waals surface area contributed by atoms with Gasteiger partial charge in [0.1, 0.15) is 12.6 Å². The molecule has 110 valence electrons. The van der Waals surface area contributed by atoms with Gasteiger partial charge in [0, 0.05) is 6.61 Å². The number of hydrogen-bond donors (Lipinski definition) is 1. The molecule has 0 unspecified atom stereocenters. The van der Waals surface area contributed by atoms with Gasteiger partial charge in [0.15, 0.2) is 0 Å². The third-order valence-electron chi connectivity index (χ3n) is 2.49. The van der Waals surface area contributed by atoms with Gasteiger partial charge in [-0.25, -0.2) is 4.79 Å². The van der Waals surface area contributed by atoms with Gasteiger partial charge in [0.25, 0.3) is 0 Å². The van der Waals surface area contributed by atoms with E-state index in [-0.39, 0.29) is 13.0 Å². The summed E-state index contributed by atoms with van der Waals surface area (Å²) in [4.78, 5) is 34.3. The van der Waals surface area contributed by atoms with Gasteiger partial charge >= 0.3 is 11.9 Å². The van der Waals surface area contributed by atoms with Crippen LogP contribution in [0.5, 0.6) is 0 Å². The van der Waals surface area contributed by atoms with Crippen molar-refractivity contribution in [2.75, 3.05) is 27.4 Å². The fourth-order valence-corrected chi connectivity index (χ4v) is 1.43. The molecule has 7 heteroatoms. The first kappa shape index (κ1) is 17.4. The summed E-state index contributed by atoms with van der Waals surface area (Å²) < 4.78 is 14.1. The Balaban J connectivity index is 4.58. The van der Waals surface area contributed by atoms with Gasteiger partial charge in [-0.2, -0.15) is 0 Å². The highest BCUT2D eigenvalue weighted by molar-refractivity contribution is 5.85. The van der Waals surface area contributed by atoms with Crippen LogP contribution >= 0.6 is 0 Å². The van der Waals surface area contributed by atoms with Crippen LogP contribution in [0.1, 0.15) is 20.3 Å². The lowest BCUT2D eigenvalue weighted by Crippen LogP contribution is -2.47. The van der Waals surface area contributed by atoms with Crippen LogP contribution in [0.15, 0.2) is 0 Å². The second-order valence-electron chi connectivity index (χ2n) is 3.96. The molecule has 0 rings (SSSR count). The summed E-state index contributed by atoms with van der Waals surface area (Å²) in [6.07, 6.45) is 0.00514. The predicted octanol–water partition coefficient (Wildman–Crippen LogP) is -0.120. The van der Waals surface area contributed by atoms with Crippen molar-refractivity contribution < 1.29 is 28.6 Å². The number of hydrogen-bond acceptors (Lipinski definition) is 6. The van der Waals surface area contributed by atoms with Crippen molar-refractivity contribution >= 4 is 17.8 Å². The molecule has 1 N–H and O–H groups in total. The first-order valence-corrected chi connectivity index (χ1v) is 5.97. The summed E-state index contributed by atoms with van der Waals surface area (Å²) in [5.41, 5.74) is 0. The molecule has 0 fully saturated rings. The summed E-state index contributed by atoms with van der Waals surface area (Å²) in [7, 11) is 2.48. The zero-order valence-electron chi connectivity index (χ0n) is 11.7. The van der Waals surface area contributed by atoms with Crippen LogP contribution in [-0.2, 0) is 28.6 Å². The number of amides is 1. The third kappa shape index (κ3) is 6.76. The van der Waals surface area contributed by atoms with E-state index in [0.717, 1.165) is 0 Å². The molecule has 0 spiro atoms. The van der Waals surface area contributed by atoms with Gasteiger partial charge in [-0.3, -0.25) is 9.59 Å². The number of methoxy groups -OCH3 is 2. The molecule has 0 heterocycles. The number of ether oxygens (including phenoxy) is 3. The molecule has 0 aliphatic rings. The molecule has 7 nitrogen and oxygen atoms in total. The minimum absolute atomic E-state index is 0.00514. The summed E-state index contributed by atoms with van der Waals surface area (Å²) >= 11 is 0. The van der Waals surface area contributed by atoms with Crippen molar-refractivity contribution in [3.8, 4) is 0 Å². The molecule has 0 saturated carbocycles. The Morgan fingerprint density at radius 2 is 1.79 bits per heavy atom. The van der Waals surface area contributed by atoms with Crippen molar-refractivity contribution in [2.24, 2.45) is 5.92 Å². The average Bonchev–Trinajstić information content (AvgIpc) is 2.41. The summed E-state index contributed by atoms with van der Waals surface area (Å²) in [6.45, 7) is 3.66. The predicted molar refractivity (Wildman–Crippen MR) is 66.2 cm³/mol. The Kier molecular flexibility index (Phi) is 8.52. The van der Waals surface area contributed by atoms with Gasteiger partial charge < -0.3 is 19.5 Å². The van der Waals surface area contributed by atoms with Crippen LogP contribution in [0.25, 0.3) is 0 Å². The van der Waals surface area contributed by atoms with E-state index >= 15 is 0 Å². The van der Waals surface area contributed by atoms with Gasteiger partial charge in [0.05, 0.1) is 20.6 Å². The van der Waals surface area contributed by atoms with Crippen molar-refractivity contribution in [3.63, 3.8) is 0 Å². The summed E-state index contributed by atoms with van der Waals surface area (Å²) in [6, 6.07) is -0.906.